The third-order valence-corrected chi connectivity index (χ3v) is 6.91. The average Bonchev–Trinajstić information content (AvgIpc) is 2.71. The van der Waals surface area contributed by atoms with Gasteiger partial charge >= 0.3 is 0 Å². The van der Waals surface area contributed by atoms with Crippen molar-refractivity contribution in [2.24, 2.45) is 0 Å². The van der Waals surface area contributed by atoms with Crippen molar-refractivity contribution in [3.8, 4) is 0 Å². The summed E-state index contributed by atoms with van der Waals surface area (Å²) in [5.41, 5.74) is 4.82. The number of aryl methyl sites for hydroxylation is 2. The normalized spacial score (nSPS) is 19.7. The van der Waals surface area contributed by atoms with Gasteiger partial charge in [0, 0.05) is 28.0 Å². The molecule has 1 amide bonds. The molecule has 160 valence electrons. The van der Waals surface area contributed by atoms with Crippen LogP contribution in [-0.4, -0.2) is 27.2 Å². The molecule has 0 bridgehead atoms. The number of carbonyl (C=O) groups is 1. The van der Waals surface area contributed by atoms with E-state index >= 15 is 0 Å². The van der Waals surface area contributed by atoms with Gasteiger partial charge in [-0.3, -0.25) is 4.79 Å². The van der Waals surface area contributed by atoms with Crippen LogP contribution < -0.4 is 4.90 Å². The van der Waals surface area contributed by atoms with Gasteiger partial charge in [0.2, 0.25) is 5.91 Å². The van der Waals surface area contributed by atoms with Crippen LogP contribution in [-0.2, 0) is 10.2 Å². The molecule has 1 aliphatic heterocycles. The van der Waals surface area contributed by atoms with E-state index in [0.717, 1.165) is 23.5 Å². The van der Waals surface area contributed by atoms with Gasteiger partial charge in [-0.25, -0.2) is 9.97 Å². The second-order valence-electron chi connectivity index (χ2n) is 9.16. The lowest BCUT2D eigenvalue weighted by molar-refractivity contribution is -0.117. The number of fused-ring (bicyclic) bond motifs is 1. The Bertz CT molecular complexity index is 1090. The highest BCUT2D eigenvalue weighted by Crippen LogP contribution is 2.50. The molecule has 5 heteroatoms. The van der Waals surface area contributed by atoms with Crippen molar-refractivity contribution in [2.45, 2.75) is 57.1 Å². The van der Waals surface area contributed by atoms with E-state index in [1.165, 1.54) is 22.9 Å². The molecule has 0 N–H and O–H groups in total. The van der Waals surface area contributed by atoms with E-state index in [9.17, 15) is 4.79 Å². The first-order valence-electron chi connectivity index (χ1n) is 10.6. The molecule has 4 nitrogen and oxygen atoms in total. The van der Waals surface area contributed by atoms with Crippen LogP contribution in [0.2, 0.25) is 0 Å². The molecule has 1 aromatic heterocycles. The minimum Gasteiger partial charge on any atom is -0.306 e. The van der Waals surface area contributed by atoms with E-state index in [4.69, 9.17) is 0 Å². The van der Waals surface area contributed by atoms with Gasteiger partial charge in [-0.2, -0.15) is 0 Å². The monoisotopic (exact) mass is 431 g/mol. The molecule has 1 atom stereocenters. The molecule has 0 spiro atoms. The molecule has 2 aromatic carbocycles. The molecule has 31 heavy (non-hydrogen) atoms. The first-order chi connectivity index (χ1) is 14.7. The molecule has 0 radical (unpaired) electrons. The lowest BCUT2D eigenvalue weighted by atomic mass is 9.65. The number of para-hydroxylation sites is 1. The number of nitrogens with zero attached hydrogens (tertiary/aromatic N) is 3. The van der Waals surface area contributed by atoms with Crippen LogP contribution in [0.25, 0.3) is 0 Å². The summed E-state index contributed by atoms with van der Waals surface area (Å²) in [5.74, 6) is 0.392. The maximum absolute atomic E-state index is 13.5. The molecular formula is C26H29N3OS. The molecule has 0 saturated heterocycles. The zero-order chi connectivity index (χ0) is 22.2. The molecule has 1 aliphatic rings. The Balaban J connectivity index is 1.69. The zero-order valence-corrected chi connectivity index (χ0v) is 19.7. The Kier molecular flexibility index (Phi) is 5.65. The van der Waals surface area contributed by atoms with E-state index in [0.29, 0.717) is 10.9 Å². The van der Waals surface area contributed by atoms with Gasteiger partial charge in [0.05, 0.1) is 5.75 Å². The number of benzene rings is 2. The second-order valence-corrected chi connectivity index (χ2v) is 10.1. The standard InChI is InChI=1S/C26H29N3OS/c1-18-15-19(2)28-24(27-18)31-16-23(30)29-22-14-10-9-13-21(22)26(5,17-25(29,3)4)20-11-7-6-8-12-20/h6-15H,16-17H2,1-5H3/t26-/m0/s1. The maximum Gasteiger partial charge on any atom is 0.237 e. The molecule has 0 fully saturated rings. The van der Waals surface area contributed by atoms with Gasteiger partial charge in [-0.1, -0.05) is 67.2 Å². The fourth-order valence-corrected chi connectivity index (χ4v) is 5.78. The van der Waals surface area contributed by atoms with Crippen molar-refractivity contribution in [1.82, 2.24) is 9.97 Å². The van der Waals surface area contributed by atoms with E-state index in [2.05, 4.69) is 79.3 Å². The lowest BCUT2D eigenvalue weighted by Crippen LogP contribution is -2.56. The minimum absolute atomic E-state index is 0.0836. The lowest BCUT2D eigenvalue weighted by Gasteiger charge is -2.51. The molecule has 4 rings (SSSR count). The zero-order valence-electron chi connectivity index (χ0n) is 18.8. The molecule has 0 saturated carbocycles. The number of carbonyl (C=O) groups excluding carboxylic acids is 1. The van der Waals surface area contributed by atoms with Gasteiger partial charge < -0.3 is 4.90 Å². The number of aromatic nitrogens is 2. The SMILES string of the molecule is Cc1cc(C)nc(SCC(=O)N2c3ccccc3[C@](C)(c3ccccc3)CC2(C)C)n1. The number of anilines is 1. The number of amides is 1. The molecule has 0 aliphatic carbocycles. The van der Waals surface area contributed by atoms with Crippen LogP contribution in [0, 0.1) is 13.8 Å². The second kappa shape index (κ2) is 8.12. The van der Waals surface area contributed by atoms with Crippen LogP contribution >= 0.6 is 11.8 Å². The van der Waals surface area contributed by atoms with Crippen molar-refractivity contribution in [3.05, 3.63) is 83.2 Å². The summed E-state index contributed by atoms with van der Waals surface area (Å²) in [7, 11) is 0. The summed E-state index contributed by atoms with van der Waals surface area (Å²) in [4.78, 5) is 24.5. The largest absolute Gasteiger partial charge is 0.306 e. The van der Waals surface area contributed by atoms with Crippen molar-refractivity contribution in [3.63, 3.8) is 0 Å². The Morgan fingerprint density at radius 1 is 0.968 bits per heavy atom. The minimum atomic E-state index is -0.333. The van der Waals surface area contributed by atoms with E-state index < -0.39 is 0 Å². The molecule has 0 unspecified atom stereocenters. The third kappa shape index (κ3) is 4.11. The van der Waals surface area contributed by atoms with Crippen molar-refractivity contribution in [1.29, 1.82) is 0 Å². The topological polar surface area (TPSA) is 46.1 Å². The van der Waals surface area contributed by atoms with Crippen LogP contribution in [0.3, 0.4) is 0 Å². The Hall–Kier alpha value is -2.66. The Labute approximate surface area is 189 Å². The first-order valence-corrected chi connectivity index (χ1v) is 11.6. The number of thioether (sulfide) groups is 1. The quantitative estimate of drug-likeness (QED) is 0.392. The van der Waals surface area contributed by atoms with Gasteiger partial charge in [0.1, 0.15) is 0 Å². The van der Waals surface area contributed by atoms with Crippen LogP contribution in [0.1, 0.15) is 49.7 Å². The summed E-state index contributed by atoms with van der Waals surface area (Å²) in [5, 5.41) is 0.656. The highest BCUT2D eigenvalue weighted by atomic mass is 32.2. The number of rotatable bonds is 4. The van der Waals surface area contributed by atoms with Gasteiger partial charge in [-0.05, 0) is 57.4 Å². The summed E-state index contributed by atoms with van der Waals surface area (Å²) in [6, 6.07) is 20.9. The maximum atomic E-state index is 13.5. The number of hydrogen-bond acceptors (Lipinski definition) is 4. The Morgan fingerprint density at radius 2 is 1.58 bits per heavy atom. The van der Waals surface area contributed by atoms with Crippen molar-refractivity contribution < 1.29 is 4.79 Å². The molecule has 3 aromatic rings. The van der Waals surface area contributed by atoms with Crippen LogP contribution in [0.4, 0.5) is 5.69 Å². The summed E-state index contributed by atoms with van der Waals surface area (Å²) in [6.07, 6.45) is 0.845. The first kappa shape index (κ1) is 21.6. The smallest absolute Gasteiger partial charge is 0.237 e. The highest BCUT2D eigenvalue weighted by Gasteiger charge is 2.47. The summed E-state index contributed by atoms with van der Waals surface area (Å²) < 4.78 is 0. The van der Waals surface area contributed by atoms with Crippen molar-refractivity contribution >= 4 is 23.4 Å². The Morgan fingerprint density at radius 3 is 2.26 bits per heavy atom. The highest BCUT2D eigenvalue weighted by molar-refractivity contribution is 7.99. The molecular weight excluding hydrogens is 402 g/mol. The van der Waals surface area contributed by atoms with E-state index in [1.54, 1.807) is 0 Å². The summed E-state index contributed by atoms with van der Waals surface area (Å²) >= 11 is 1.41. The molecule has 2 heterocycles. The van der Waals surface area contributed by atoms with Crippen molar-refractivity contribution in [2.75, 3.05) is 10.7 Å². The fraction of sp³-hybridized carbons (Fsp3) is 0.346. The van der Waals surface area contributed by atoms with Crippen LogP contribution in [0.15, 0.2) is 65.8 Å². The predicted molar refractivity (Wildman–Crippen MR) is 128 cm³/mol. The fourth-order valence-electron chi connectivity index (χ4n) is 4.99. The number of hydrogen-bond donors (Lipinski definition) is 0. The van der Waals surface area contributed by atoms with Gasteiger partial charge in [0.15, 0.2) is 5.16 Å². The van der Waals surface area contributed by atoms with E-state index in [1.807, 2.05) is 30.9 Å². The van der Waals surface area contributed by atoms with Crippen LogP contribution in [0.5, 0.6) is 0 Å². The predicted octanol–water partition coefficient (Wildman–Crippen LogP) is 5.71. The average molecular weight is 432 g/mol. The summed E-state index contributed by atoms with van der Waals surface area (Å²) in [6.45, 7) is 10.5. The third-order valence-electron chi connectivity index (χ3n) is 6.08. The van der Waals surface area contributed by atoms with E-state index in [-0.39, 0.29) is 16.9 Å². The van der Waals surface area contributed by atoms with Gasteiger partial charge in [-0.15, -0.1) is 0 Å². The van der Waals surface area contributed by atoms with Gasteiger partial charge in [0.25, 0.3) is 0 Å².